The highest BCUT2D eigenvalue weighted by molar-refractivity contribution is 5.61. The molecular formula is C14H19N7O2. The van der Waals surface area contributed by atoms with Crippen LogP contribution in [0.1, 0.15) is 30.1 Å². The minimum atomic E-state index is -0.356. The number of hydrogen-bond acceptors (Lipinski definition) is 7. The molecule has 2 N–H and O–H groups in total. The van der Waals surface area contributed by atoms with E-state index >= 15 is 0 Å². The number of anilines is 2. The molecule has 1 aliphatic rings. The number of rotatable bonds is 3. The summed E-state index contributed by atoms with van der Waals surface area (Å²) in [6.45, 7) is 3.09. The third-order valence-electron chi connectivity index (χ3n) is 4.26. The van der Waals surface area contributed by atoms with Crippen LogP contribution in [0.5, 0.6) is 0 Å². The van der Waals surface area contributed by atoms with Crippen molar-refractivity contribution < 1.29 is 4.92 Å². The van der Waals surface area contributed by atoms with Gasteiger partial charge in [-0.15, -0.1) is 0 Å². The molecule has 0 saturated carbocycles. The number of nitrogens with two attached hydrogens (primary N) is 1. The molecule has 1 aliphatic heterocycles. The number of aryl methyl sites for hydroxylation is 2. The summed E-state index contributed by atoms with van der Waals surface area (Å²) in [4.78, 5) is 21.4. The fourth-order valence-corrected chi connectivity index (χ4v) is 2.93. The molecule has 0 aliphatic carbocycles. The molecule has 0 spiro atoms. The average Bonchev–Trinajstić information content (AvgIpc) is 2.86. The van der Waals surface area contributed by atoms with E-state index in [-0.39, 0.29) is 16.5 Å². The first-order chi connectivity index (χ1) is 11.0. The minimum absolute atomic E-state index is 0.0890. The first kappa shape index (κ1) is 15.2. The summed E-state index contributed by atoms with van der Waals surface area (Å²) in [6.07, 6.45) is 3.25. The van der Waals surface area contributed by atoms with Crippen molar-refractivity contribution >= 4 is 17.5 Å². The molecule has 0 bridgehead atoms. The Labute approximate surface area is 133 Å². The first-order valence-corrected chi connectivity index (χ1v) is 7.48. The lowest BCUT2D eigenvalue weighted by molar-refractivity contribution is -0.384. The number of piperidine rings is 1. The molecule has 0 amide bonds. The molecule has 2 aromatic rings. The lowest BCUT2D eigenvalue weighted by atomic mass is 9.96. The Morgan fingerprint density at radius 2 is 2.09 bits per heavy atom. The van der Waals surface area contributed by atoms with E-state index in [4.69, 9.17) is 5.73 Å². The summed E-state index contributed by atoms with van der Waals surface area (Å²) >= 11 is 0. The molecule has 0 radical (unpaired) electrons. The van der Waals surface area contributed by atoms with Gasteiger partial charge in [-0.25, -0.2) is 9.67 Å². The van der Waals surface area contributed by atoms with Crippen molar-refractivity contribution in [2.75, 3.05) is 23.7 Å². The van der Waals surface area contributed by atoms with E-state index in [0.717, 1.165) is 18.7 Å². The van der Waals surface area contributed by atoms with E-state index in [2.05, 4.69) is 15.1 Å². The summed E-state index contributed by atoms with van der Waals surface area (Å²) in [7, 11) is 1.76. The van der Waals surface area contributed by atoms with Crippen molar-refractivity contribution in [1.82, 2.24) is 19.7 Å². The van der Waals surface area contributed by atoms with E-state index in [9.17, 15) is 10.1 Å². The Balaban J connectivity index is 1.77. The Kier molecular flexibility index (Phi) is 3.85. The molecule has 3 rings (SSSR count). The SMILES string of the molecule is Cc1ccnc(N2CCC(c3nc(N)n(C)n3)CC2)c1[N+](=O)[O-]. The lowest BCUT2D eigenvalue weighted by Gasteiger charge is -2.31. The Hall–Kier alpha value is -2.71. The fraction of sp³-hybridized carbons (Fsp3) is 0.500. The van der Waals surface area contributed by atoms with Gasteiger partial charge >= 0.3 is 5.69 Å². The van der Waals surface area contributed by atoms with Crippen LogP contribution >= 0.6 is 0 Å². The Morgan fingerprint density at radius 3 is 2.65 bits per heavy atom. The van der Waals surface area contributed by atoms with E-state index in [1.54, 1.807) is 30.9 Å². The lowest BCUT2D eigenvalue weighted by Crippen LogP contribution is -2.34. The monoisotopic (exact) mass is 317 g/mol. The van der Waals surface area contributed by atoms with Crippen LogP contribution in [0.2, 0.25) is 0 Å². The van der Waals surface area contributed by atoms with E-state index in [1.807, 2.05) is 4.90 Å². The van der Waals surface area contributed by atoms with Crippen molar-refractivity contribution in [3.63, 3.8) is 0 Å². The second kappa shape index (κ2) is 5.82. The third-order valence-corrected chi connectivity index (χ3v) is 4.26. The van der Waals surface area contributed by atoms with Gasteiger partial charge in [0.1, 0.15) is 0 Å². The second-order valence-corrected chi connectivity index (χ2v) is 5.77. The van der Waals surface area contributed by atoms with Gasteiger partial charge in [0.15, 0.2) is 5.82 Å². The second-order valence-electron chi connectivity index (χ2n) is 5.77. The van der Waals surface area contributed by atoms with Gasteiger partial charge in [-0.3, -0.25) is 10.1 Å². The molecule has 0 unspecified atom stereocenters. The van der Waals surface area contributed by atoms with Crippen molar-refractivity contribution in [3.05, 3.63) is 33.8 Å². The standard InChI is InChI=1S/C14H19N7O2/c1-9-3-6-16-13(11(9)21(22)23)20-7-4-10(5-8-20)12-17-14(15)19(2)18-12/h3,6,10H,4-5,7-8H2,1-2H3,(H2,15,17,18). The highest BCUT2D eigenvalue weighted by Gasteiger charge is 2.29. The first-order valence-electron chi connectivity index (χ1n) is 7.48. The van der Waals surface area contributed by atoms with Crippen molar-refractivity contribution in [1.29, 1.82) is 0 Å². The highest BCUT2D eigenvalue weighted by atomic mass is 16.6. The molecule has 9 nitrogen and oxygen atoms in total. The molecule has 1 fully saturated rings. The van der Waals surface area contributed by atoms with Gasteiger partial charge < -0.3 is 10.6 Å². The number of hydrogen-bond donors (Lipinski definition) is 1. The zero-order valence-electron chi connectivity index (χ0n) is 13.1. The van der Waals surface area contributed by atoms with Crippen LogP contribution in [0.15, 0.2) is 12.3 Å². The molecule has 0 aromatic carbocycles. The van der Waals surface area contributed by atoms with Crippen LogP contribution in [0.4, 0.5) is 17.5 Å². The minimum Gasteiger partial charge on any atom is -0.368 e. The zero-order valence-corrected chi connectivity index (χ0v) is 13.1. The molecular weight excluding hydrogens is 298 g/mol. The van der Waals surface area contributed by atoms with Gasteiger partial charge in [0.05, 0.1) is 4.92 Å². The quantitative estimate of drug-likeness (QED) is 0.671. The summed E-state index contributed by atoms with van der Waals surface area (Å²) in [5.74, 6) is 1.82. The Morgan fingerprint density at radius 1 is 1.39 bits per heavy atom. The van der Waals surface area contributed by atoms with Crippen LogP contribution in [0.25, 0.3) is 0 Å². The third kappa shape index (κ3) is 2.81. The summed E-state index contributed by atoms with van der Waals surface area (Å²) < 4.78 is 1.56. The smallest absolute Gasteiger partial charge is 0.314 e. The maximum Gasteiger partial charge on any atom is 0.314 e. The predicted molar refractivity (Wildman–Crippen MR) is 85.2 cm³/mol. The van der Waals surface area contributed by atoms with Gasteiger partial charge in [-0.05, 0) is 25.8 Å². The molecule has 9 heteroatoms. The van der Waals surface area contributed by atoms with Crippen LogP contribution in [0, 0.1) is 17.0 Å². The molecule has 0 atom stereocenters. The zero-order chi connectivity index (χ0) is 16.6. The largest absolute Gasteiger partial charge is 0.368 e. The van der Waals surface area contributed by atoms with Gasteiger partial charge in [-0.2, -0.15) is 10.1 Å². The van der Waals surface area contributed by atoms with Gasteiger partial charge in [0.25, 0.3) is 0 Å². The highest BCUT2D eigenvalue weighted by Crippen LogP contribution is 2.34. The molecule has 1 saturated heterocycles. The van der Waals surface area contributed by atoms with Crippen molar-refractivity contribution in [2.24, 2.45) is 7.05 Å². The van der Waals surface area contributed by atoms with Crippen molar-refractivity contribution in [2.45, 2.75) is 25.7 Å². The number of nitro groups is 1. The van der Waals surface area contributed by atoms with Crippen molar-refractivity contribution in [3.8, 4) is 0 Å². The summed E-state index contributed by atoms with van der Waals surface area (Å²) in [5, 5.41) is 15.6. The van der Waals surface area contributed by atoms with Gasteiger partial charge in [0.2, 0.25) is 11.8 Å². The van der Waals surface area contributed by atoms with Crippen LogP contribution in [-0.2, 0) is 7.05 Å². The number of nitrogens with zero attached hydrogens (tertiary/aromatic N) is 6. The topological polar surface area (TPSA) is 116 Å². The normalized spacial score (nSPS) is 15.8. The van der Waals surface area contributed by atoms with Crippen LogP contribution in [0.3, 0.4) is 0 Å². The number of pyridine rings is 1. The summed E-state index contributed by atoms with van der Waals surface area (Å²) in [6, 6.07) is 1.66. The molecule has 3 heterocycles. The Bertz CT molecular complexity index is 715. The predicted octanol–water partition coefficient (Wildman–Crippen LogP) is 1.39. The van der Waals surface area contributed by atoms with Gasteiger partial charge in [0, 0.05) is 37.8 Å². The molecule has 122 valence electrons. The molecule has 2 aromatic heterocycles. The van der Waals surface area contributed by atoms with E-state index in [0.29, 0.717) is 30.4 Å². The van der Waals surface area contributed by atoms with Crippen LogP contribution < -0.4 is 10.6 Å². The number of aromatic nitrogens is 4. The summed E-state index contributed by atoms with van der Waals surface area (Å²) in [5.41, 5.74) is 6.44. The maximum absolute atomic E-state index is 11.3. The molecule has 23 heavy (non-hydrogen) atoms. The fourth-order valence-electron chi connectivity index (χ4n) is 2.93. The average molecular weight is 317 g/mol. The van der Waals surface area contributed by atoms with Crippen LogP contribution in [-0.4, -0.2) is 37.8 Å². The number of nitrogen functional groups attached to an aromatic ring is 1. The maximum atomic E-state index is 11.3. The van der Waals surface area contributed by atoms with Gasteiger partial charge in [-0.1, -0.05) is 0 Å². The van der Waals surface area contributed by atoms with E-state index < -0.39 is 0 Å². The van der Waals surface area contributed by atoms with E-state index in [1.165, 1.54) is 0 Å².